The standard InChI is InChI=1S/C5H10N2O2.C2H4O2/c8-6-4-2-1-3-5(4)7-9;1-2(3)4/h4,6,8-9H,1-3H2;1H3,(H,3,4)/b7-5+;. The average Bonchev–Trinajstić information content (AvgIpc) is 2.49. The fourth-order valence-corrected chi connectivity index (χ4v) is 1.09. The van der Waals surface area contributed by atoms with Crippen LogP contribution in [-0.2, 0) is 4.79 Å². The highest BCUT2D eigenvalue weighted by Crippen LogP contribution is 2.14. The molecule has 0 heterocycles. The molecule has 1 atom stereocenters. The number of nitrogens with zero attached hydrogens (tertiary/aromatic N) is 1. The molecular formula is C7H14N2O4. The summed E-state index contributed by atoms with van der Waals surface area (Å²) in [5, 5.41) is 27.2. The first kappa shape index (κ1) is 11.9. The number of nitrogens with one attached hydrogen (secondary N) is 1. The SMILES string of the molecule is CC(=O)O.O/N=C1\CCCC1NO. The van der Waals surface area contributed by atoms with E-state index in [2.05, 4.69) is 10.6 Å². The lowest BCUT2D eigenvalue weighted by molar-refractivity contribution is -0.134. The summed E-state index contributed by atoms with van der Waals surface area (Å²) in [5.41, 5.74) is 2.72. The third-order valence-corrected chi connectivity index (χ3v) is 1.61. The van der Waals surface area contributed by atoms with Crippen molar-refractivity contribution < 1.29 is 20.3 Å². The Balaban J connectivity index is 0.000000310. The number of hydrogen-bond donors (Lipinski definition) is 4. The van der Waals surface area contributed by atoms with Crippen molar-refractivity contribution in [2.75, 3.05) is 0 Å². The highest BCUT2D eigenvalue weighted by molar-refractivity contribution is 5.90. The zero-order valence-electron chi connectivity index (χ0n) is 7.40. The molecular weight excluding hydrogens is 176 g/mol. The van der Waals surface area contributed by atoms with E-state index in [9.17, 15) is 0 Å². The van der Waals surface area contributed by atoms with Crippen LogP contribution >= 0.6 is 0 Å². The van der Waals surface area contributed by atoms with Gasteiger partial charge in [-0.3, -0.25) is 4.79 Å². The molecule has 0 spiro atoms. The minimum Gasteiger partial charge on any atom is -0.481 e. The van der Waals surface area contributed by atoms with Gasteiger partial charge in [0.2, 0.25) is 0 Å². The normalized spacial score (nSPS) is 23.8. The number of carboxylic acids is 1. The van der Waals surface area contributed by atoms with Crippen molar-refractivity contribution in [1.29, 1.82) is 0 Å². The third kappa shape index (κ3) is 5.15. The minimum absolute atomic E-state index is 0.116. The molecule has 6 heteroatoms. The number of hydroxylamine groups is 1. The molecule has 6 nitrogen and oxygen atoms in total. The Morgan fingerprint density at radius 2 is 2.23 bits per heavy atom. The van der Waals surface area contributed by atoms with Gasteiger partial charge in [-0.2, -0.15) is 5.48 Å². The Labute approximate surface area is 75.8 Å². The van der Waals surface area contributed by atoms with Crippen LogP contribution in [0.2, 0.25) is 0 Å². The summed E-state index contributed by atoms with van der Waals surface area (Å²) in [5.74, 6) is -0.833. The summed E-state index contributed by atoms with van der Waals surface area (Å²) >= 11 is 0. The largest absolute Gasteiger partial charge is 0.481 e. The first-order valence-corrected chi connectivity index (χ1v) is 3.91. The van der Waals surface area contributed by atoms with Crippen LogP contribution < -0.4 is 5.48 Å². The van der Waals surface area contributed by atoms with Crippen molar-refractivity contribution in [1.82, 2.24) is 5.48 Å². The van der Waals surface area contributed by atoms with Crippen molar-refractivity contribution in [3.05, 3.63) is 0 Å². The van der Waals surface area contributed by atoms with Gasteiger partial charge in [-0.25, -0.2) is 0 Å². The fourth-order valence-electron chi connectivity index (χ4n) is 1.09. The second-order valence-electron chi connectivity index (χ2n) is 2.68. The van der Waals surface area contributed by atoms with E-state index in [4.69, 9.17) is 20.3 Å². The van der Waals surface area contributed by atoms with Crippen LogP contribution in [0.25, 0.3) is 0 Å². The number of carboxylic acid groups (broad SMARTS) is 1. The lowest BCUT2D eigenvalue weighted by Gasteiger charge is -2.04. The Hall–Kier alpha value is -1.14. The van der Waals surface area contributed by atoms with Gasteiger partial charge in [0.15, 0.2) is 0 Å². The Bertz CT molecular complexity index is 189. The van der Waals surface area contributed by atoms with Crippen molar-refractivity contribution >= 4 is 11.7 Å². The summed E-state index contributed by atoms with van der Waals surface area (Å²) in [4.78, 5) is 9.00. The molecule has 1 saturated carbocycles. The molecule has 0 aliphatic heterocycles. The maximum absolute atomic E-state index is 9.00. The third-order valence-electron chi connectivity index (χ3n) is 1.61. The van der Waals surface area contributed by atoms with Gasteiger partial charge < -0.3 is 15.5 Å². The molecule has 0 aromatic carbocycles. The van der Waals surface area contributed by atoms with Crippen LogP contribution in [0.5, 0.6) is 0 Å². The van der Waals surface area contributed by atoms with Crippen LogP contribution in [0.1, 0.15) is 26.2 Å². The van der Waals surface area contributed by atoms with E-state index in [1.807, 2.05) is 0 Å². The molecule has 0 saturated heterocycles. The second kappa shape index (κ2) is 6.38. The molecule has 1 aliphatic rings. The van der Waals surface area contributed by atoms with Gasteiger partial charge in [0.1, 0.15) is 0 Å². The second-order valence-corrected chi connectivity index (χ2v) is 2.68. The topological polar surface area (TPSA) is 102 Å². The summed E-state index contributed by atoms with van der Waals surface area (Å²) in [6, 6.07) is -0.116. The number of aliphatic carboxylic acids is 1. The number of rotatable bonds is 1. The van der Waals surface area contributed by atoms with Gasteiger partial charge in [0.05, 0.1) is 11.8 Å². The van der Waals surface area contributed by atoms with Gasteiger partial charge in [-0.15, -0.1) is 0 Å². The van der Waals surface area contributed by atoms with E-state index in [-0.39, 0.29) is 6.04 Å². The highest BCUT2D eigenvalue weighted by Gasteiger charge is 2.21. The number of carbonyl (C=O) groups is 1. The van der Waals surface area contributed by atoms with Gasteiger partial charge in [0.25, 0.3) is 5.97 Å². The van der Waals surface area contributed by atoms with Gasteiger partial charge in [-0.1, -0.05) is 5.16 Å². The summed E-state index contributed by atoms with van der Waals surface area (Å²) < 4.78 is 0. The zero-order valence-corrected chi connectivity index (χ0v) is 7.40. The predicted octanol–water partition coefficient (Wildman–Crippen LogP) is 0.439. The molecule has 0 radical (unpaired) electrons. The Morgan fingerprint density at radius 3 is 2.54 bits per heavy atom. The van der Waals surface area contributed by atoms with E-state index in [0.29, 0.717) is 5.71 Å². The first-order chi connectivity index (χ1) is 6.11. The maximum atomic E-state index is 9.00. The molecule has 1 unspecified atom stereocenters. The lowest BCUT2D eigenvalue weighted by Crippen LogP contribution is -2.29. The molecule has 1 fully saturated rings. The molecule has 1 rings (SSSR count). The monoisotopic (exact) mass is 190 g/mol. The molecule has 0 aromatic rings. The Kier molecular flexibility index (Phi) is 5.82. The van der Waals surface area contributed by atoms with Crippen LogP contribution in [0.15, 0.2) is 5.16 Å². The first-order valence-electron chi connectivity index (χ1n) is 3.91. The Morgan fingerprint density at radius 1 is 1.69 bits per heavy atom. The lowest BCUT2D eigenvalue weighted by atomic mass is 10.2. The molecule has 0 aromatic heterocycles. The maximum Gasteiger partial charge on any atom is 0.300 e. The van der Waals surface area contributed by atoms with E-state index in [0.717, 1.165) is 26.2 Å². The van der Waals surface area contributed by atoms with Crippen LogP contribution in [0.3, 0.4) is 0 Å². The van der Waals surface area contributed by atoms with E-state index < -0.39 is 5.97 Å². The molecule has 4 N–H and O–H groups in total. The van der Waals surface area contributed by atoms with E-state index in [1.165, 1.54) is 0 Å². The van der Waals surface area contributed by atoms with Crippen molar-refractivity contribution in [2.45, 2.75) is 32.2 Å². The summed E-state index contributed by atoms with van der Waals surface area (Å²) in [6.07, 6.45) is 2.63. The molecule has 13 heavy (non-hydrogen) atoms. The average molecular weight is 190 g/mol. The predicted molar refractivity (Wildman–Crippen MR) is 45.1 cm³/mol. The number of hydrogen-bond acceptors (Lipinski definition) is 5. The number of oxime groups is 1. The molecule has 1 aliphatic carbocycles. The summed E-state index contributed by atoms with van der Waals surface area (Å²) in [7, 11) is 0. The quantitative estimate of drug-likeness (QED) is 0.355. The molecule has 0 bridgehead atoms. The molecule has 0 amide bonds. The minimum atomic E-state index is -0.833. The zero-order chi connectivity index (χ0) is 10.3. The molecule has 76 valence electrons. The van der Waals surface area contributed by atoms with E-state index >= 15 is 0 Å². The van der Waals surface area contributed by atoms with Gasteiger partial charge in [-0.05, 0) is 19.3 Å². The van der Waals surface area contributed by atoms with E-state index in [1.54, 1.807) is 0 Å². The van der Waals surface area contributed by atoms with Crippen LogP contribution in [0.4, 0.5) is 0 Å². The smallest absolute Gasteiger partial charge is 0.300 e. The fraction of sp³-hybridized carbons (Fsp3) is 0.714. The summed E-state index contributed by atoms with van der Waals surface area (Å²) in [6.45, 7) is 1.08. The van der Waals surface area contributed by atoms with Crippen LogP contribution in [0, 0.1) is 0 Å². The van der Waals surface area contributed by atoms with Crippen molar-refractivity contribution in [3.8, 4) is 0 Å². The van der Waals surface area contributed by atoms with Gasteiger partial charge >= 0.3 is 0 Å². The van der Waals surface area contributed by atoms with Crippen molar-refractivity contribution in [3.63, 3.8) is 0 Å². The van der Waals surface area contributed by atoms with Crippen LogP contribution in [-0.4, -0.2) is 33.2 Å². The van der Waals surface area contributed by atoms with Crippen molar-refractivity contribution in [2.24, 2.45) is 5.16 Å². The highest BCUT2D eigenvalue weighted by atomic mass is 16.5. The van der Waals surface area contributed by atoms with Gasteiger partial charge in [0, 0.05) is 6.92 Å².